The van der Waals surface area contributed by atoms with Gasteiger partial charge in [0.05, 0.1) is 29.9 Å². The van der Waals surface area contributed by atoms with E-state index in [1.807, 2.05) is 46.4 Å². The summed E-state index contributed by atoms with van der Waals surface area (Å²) in [5.41, 5.74) is 6.21. The molecule has 198 valence electrons. The molecule has 9 nitrogen and oxygen atoms in total. The van der Waals surface area contributed by atoms with Crippen LogP contribution in [0.1, 0.15) is 5.56 Å². The van der Waals surface area contributed by atoms with Crippen molar-refractivity contribution in [2.45, 2.75) is 6.92 Å². The van der Waals surface area contributed by atoms with Gasteiger partial charge < -0.3 is 29.7 Å². The molecule has 0 saturated heterocycles. The minimum Gasteiger partial charge on any atom is -0.494 e. The van der Waals surface area contributed by atoms with Crippen LogP contribution in [0.3, 0.4) is 0 Å². The monoisotopic (exact) mass is 513 g/mol. The second kappa shape index (κ2) is 11.4. The quantitative estimate of drug-likeness (QED) is 0.294. The molecule has 0 spiro atoms. The molecule has 4 aromatic rings. The van der Waals surface area contributed by atoms with Crippen LogP contribution in [-0.4, -0.2) is 66.7 Å². The number of nitrogens with one attached hydrogen (secondary N) is 2. The number of fused-ring (bicyclic) bond motifs is 1. The molecule has 0 saturated carbocycles. The number of hydrogen-bond acceptors (Lipinski definition) is 7. The van der Waals surface area contributed by atoms with Gasteiger partial charge in [0.15, 0.2) is 0 Å². The summed E-state index contributed by atoms with van der Waals surface area (Å²) >= 11 is 0. The molecule has 1 amide bonds. The summed E-state index contributed by atoms with van der Waals surface area (Å²) in [6, 6.07) is 12.0. The van der Waals surface area contributed by atoms with Crippen molar-refractivity contribution in [2.75, 3.05) is 56.9 Å². The van der Waals surface area contributed by atoms with Crippen LogP contribution in [0.5, 0.6) is 5.75 Å². The largest absolute Gasteiger partial charge is 0.494 e. The van der Waals surface area contributed by atoms with Gasteiger partial charge in [0.1, 0.15) is 5.75 Å². The number of benzene rings is 2. The molecule has 0 aliphatic carbocycles. The number of methoxy groups -OCH3 is 1. The standard InChI is InChI=1S/C29H35N7O2/c1-8-28(37)31-23-17-24(27(38-7)18-26(23)36(6)14-13-34(3)4)33-29-30-11-9-22(32-29)20-15-19(2)21-10-12-35(5)25(21)16-20/h8-12,15-18H,1,13-14H2,2-7H3,(H,31,37)(H,30,32,33). The second-order valence-corrected chi connectivity index (χ2v) is 9.53. The minimum atomic E-state index is -0.298. The molecule has 0 radical (unpaired) electrons. The second-order valence-electron chi connectivity index (χ2n) is 9.53. The Hall–Kier alpha value is -4.37. The van der Waals surface area contributed by atoms with Gasteiger partial charge in [0.2, 0.25) is 11.9 Å². The number of carbonyl (C=O) groups excluding carboxylic acids is 1. The van der Waals surface area contributed by atoms with Crippen molar-refractivity contribution in [2.24, 2.45) is 7.05 Å². The fourth-order valence-electron chi connectivity index (χ4n) is 4.31. The molecule has 0 aliphatic rings. The van der Waals surface area contributed by atoms with E-state index in [2.05, 4.69) is 67.9 Å². The Morgan fingerprint density at radius 3 is 2.63 bits per heavy atom. The number of likely N-dealkylation sites (N-methyl/N-ethyl adjacent to an activating group) is 2. The van der Waals surface area contributed by atoms with Crippen molar-refractivity contribution in [3.05, 3.63) is 67.0 Å². The maximum Gasteiger partial charge on any atom is 0.247 e. The molecule has 2 aromatic carbocycles. The van der Waals surface area contributed by atoms with Gasteiger partial charge in [0, 0.05) is 62.1 Å². The number of amides is 1. The summed E-state index contributed by atoms with van der Waals surface area (Å²) in [5, 5.41) is 7.42. The van der Waals surface area contributed by atoms with Crippen molar-refractivity contribution < 1.29 is 9.53 Å². The Labute approximate surface area is 223 Å². The molecule has 0 fully saturated rings. The molecule has 2 aromatic heterocycles. The predicted molar refractivity (Wildman–Crippen MR) is 156 cm³/mol. The summed E-state index contributed by atoms with van der Waals surface area (Å²) in [6.07, 6.45) is 5.04. The van der Waals surface area contributed by atoms with Crippen LogP contribution in [-0.2, 0) is 11.8 Å². The lowest BCUT2D eigenvalue weighted by atomic mass is 10.0. The first-order chi connectivity index (χ1) is 18.2. The van der Waals surface area contributed by atoms with Crippen LogP contribution in [0, 0.1) is 6.92 Å². The minimum absolute atomic E-state index is 0.298. The number of rotatable bonds is 10. The summed E-state index contributed by atoms with van der Waals surface area (Å²) in [5.74, 6) is 0.719. The maximum absolute atomic E-state index is 12.2. The van der Waals surface area contributed by atoms with E-state index >= 15 is 0 Å². The number of aryl methyl sites for hydroxylation is 2. The van der Waals surface area contributed by atoms with Crippen LogP contribution < -0.4 is 20.3 Å². The number of ether oxygens (including phenoxy) is 1. The first-order valence-electron chi connectivity index (χ1n) is 12.4. The Balaban J connectivity index is 1.70. The number of carbonyl (C=O) groups is 1. The predicted octanol–water partition coefficient (Wildman–Crippen LogP) is 4.82. The summed E-state index contributed by atoms with van der Waals surface area (Å²) in [4.78, 5) is 25.6. The Bertz CT molecular complexity index is 1480. The fourth-order valence-corrected chi connectivity index (χ4v) is 4.31. The van der Waals surface area contributed by atoms with Crippen LogP contribution in [0.25, 0.3) is 22.2 Å². The van der Waals surface area contributed by atoms with E-state index in [1.54, 1.807) is 13.3 Å². The molecule has 4 rings (SSSR count). The normalized spacial score (nSPS) is 11.0. The van der Waals surface area contributed by atoms with Crippen molar-refractivity contribution in [1.29, 1.82) is 0 Å². The highest BCUT2D eigenvalue weighted by molar-refractivity contribution is 6.02. The molecule has 0 unspecified atom stereocenters. The third-order valence-corrected chi connectivity index (χ3v) is 6.46. The van der Waals surface area contributed by atoms with Crippen molar-refractivity contribution in [3.63, 3.8) is 0 Å². The molecule has 9 heteroatoms. The number of nitrogens with zero attached hydrogens (tertiary/aromatic N) is 5. The van der Waals surface area contributed by atoms with Crippen molar-refractivity contribution in [3.8, 4) is 17.0 Å². The van der Waals surface area contributed by atoms with Gasteiger partial charge in [-0.25, -0.2) is 9.97 Å². The van der Waals surface area contributed by atoms with Gasteiger partial charge in [-0.05, 0) is 63.0 Å². The molecular weight excluding hydrogens is 478 g/mol. The maximum atomic E-state index is 12.2. The number of anilines is 4. The lowest BCUT2D eigenvalue weighted by molar-refractivity contribution is -0.111. The van der Waals surface area contributed by atoms with E-state index in [-0.39, 0.29) is 5.91 Å². The van der Waals surface area contributed by atoms with Crippen LogP contribution in [0.2, 0.25) is 0 Å². The Morgan fingerprint density at radius 2 is 1.92 bits per heavy atom. The average molecular weight is 514 g/mol. The highest BCUT2D eigenvalue weighted by atomic mass is 16.5. The summed E-state index contributed by atoms with van der Waals surface area (Å²) in [6.45, 7) is 7.30. The van der Waals surface area contributed by atoms with Gasteiger partial charge in [-0.2, -0.15) is 0 Å². The van der Waals surface area contributed by atoms with E-state index in [4.69, 9.17) is 9.72 Å². The SMILES string of the molecule is C=CC(=O)Nc1cc(Nc2nccc(-c3cc(C)c4ccn(C)c4c3)n2)c(OC)cc1N(C)CCN(C)C. The molecule has 0 atom stereocenters. The van der Waals surface area contributed by atoms with Gasteiger partial charge in [-0.15, -0.1) is 0 Å². The van der Waals surface area contributed by atoms with Crippen LogP contribution in [0.4, 0.5) is 23.0 Å². The first-order valence-corrected chi connectivity index (χ1v) is 12.4. The summed E-state index contributed by atoms with van der Waals surface area (Å²) < 4.78 is 7.82. The van der Waals surface area contributed by atoms with Crippen molar-refractivity contribution >= 4 is 39.8 Å². The zero-order valence-corrected chi connectivity index (χ0v) is 22.9. The molecular formula is C29H35N7O2. The summed E-state index contributed by atoms with van der Waals surface area (Å²) in [7, 11) is 9.67. The average Bonchev–Trinajstić information content (AvgIpc) is 3.28. The van der Waals surface area contributed by atoms with Gasteiger partial charge in [0.25, 0.3) is 0 Å². The van der Waals surface area contributed by atoms with E-state index in [9.17, 15) is 4.79 Å². The van der Waals surface area contributed by atoms with Crippen LogP contribution in [0.15, 0.2) is 61.4 Å². The van der Waals surface area contributed by atoms with Crippen molar-refractivity contribution in [1.82, 2.24) is 19.4 Å². The number of aromatic nitrogens is 3. The number of hydrogen-bond donors (Lipinski definition) is 2. The molecule has 38 heavy (non-hydrogen) atoms. The van der Waals surface area contributed by atoms with E-state index < -0.39 is 0 Å². The highest BCUT2D eigenvalue weighted by Crippen LogP contribution is 2.38. The lowest BCUT2D eigenvalue weighted by Crippen LogP contribution is -2.29. The van der Waals surface area contributed by atoms with E-state index in [1.165, 1.54) is 17.0 Å². The third kappa shape index (κ3) is 5.78. The van der Waals surface area contributed by atoms with Gasteiger partial charge >= 0.3 is 0 Å². The molecule has 0 aliphatic heterocycles. The Kier molecular flexibility index (Phi) is 7.97. The zero-order valence-electron chi connectivity index (χ0n) is 22.9. The third-order valence-electron chi connectivity index (χ3n) is 6.46. The Morgan fingerprint density at radius 1 is 1.13 bits per heavy atom. The van der Waals surface area contributed by atoms with Crippen LogP contribution >= 0.6 is 0 Å². The van der Waals surface area contributed by atoms with Gasteiger partial charge in [-0.3, -0.25) is 4.79 Å². The topological polar surface area (TPSA) is 87.5 Å². The molecule has 2 N–H and O–H groups in total. The molecule has 0 bridgehead atoms. The zero-order chi connectivity index (χ0) is 27.4. The van der Waals surface area contributed by atoms with E-state index in [0.717, 1.165) is 35.6 Å². The highest BCUT2D eigenvalue weighted by Gasteiger charge is 2.17. The smallest absolute Gasteiger partial charge is 0.247 e. The lowest BCUT2D eigenvalue weighted by Gasteiger charge is -2.26. The van der Waals surface area contributed by atoms with Gasteiger partial charge in [-0.1, -0.05) is 6.58 Å². The fraction of sp³-hybridized carbons (Fsp3) is 0.276. The molecule has 2 heterocycles. The first kappa shape index (κ1) is 26.7. The van der Waals surface area contributed by atoms with E-state index in [0.29, 0.717) is 23.1 Å².